The van der Waals surface area contributed by atoms with Gasteiger partial charge in [-0.15, -0.1) is 0 Å². The number of nitrogens with one attached hydrogen (secondary N) is 1. The van der Waals surface area contributed by atoms with Crippen molar-refractivity contribution in [3.63, 3.8) is 0 Å². The Morgan fingerprint density at radius 3 is 2.79 bits per heavy atom. The fraction of sp³-hybridized carbons (Fsp3) is 0.429. The first kappa shape index (κ1) is 13.7. The molecular weight excluding hydrogens is 243 g/mol. The lowest BCUT2D eigenvalue weighted by Gasteiger charge is -2.18. The zero-order valence-corrected chi connectivity index (χ0v) is 11.5. The van der Waals surface area contributed by atoms with Crippen molar-refractivity contribution >= 4 is 0 Å². The van der Waals surface area contributed by atoms with E-state index in [1.165, 1.54) is 6.20 Å². The molecular formula is C14H19FN4. The summed E-state index contributed by atoms with van der Waals surface area (Å²) >= 11 is 0. The maximum absolute atomic E-state index is 13.9. The molecule has 0 saturated carbocycles. The number of aryl methyl sites for hydroxylation is 2. The lowest BCUT2D eigenvalue weighted by atomic mass is 10.0. The van der Waals surface area contributed by atoms with Gasteiger partial charge in [0.1, 0.15) is 5.82 Å². The highest BCUT2D eigenvalue weighted by Gasteiger charge is 2.20. The van der Waals surface area contributed by atoms with Crippen LogP contribution in [0.1, 0.15) is 36.8 Å². The van der Waals surface area contributed by atoms with Gasteiger partial charge in [0.2, 0.25) is 0 Å². The Kier molecular flexibility index (Phi) is 4.27. The van der Waals surface area contributed by atoms with Crippen molar-refractivity contribution in [2.75, 3.05) is 7.05 Å². The molecule has 0 radical (unpaired) electrons. The van der Waals surface area contributed by atoms with Gasteiger partial charge < -0.3 is 5.32 Å². The zero-order valence-electron chi connectivity index (χ0n) is 11.5. The molecule has 1 unspecified atom stereocenters. The Hall–Kier alpha value is -1.75. The number of hydrogen-bond acceptors (Lipinski definition) is 3. The summed E-state index contributed by atoms with van der Waals surface area (Å²) in [7, 11) is 1.82. The van der Waals surface area contributed by atoms with Crippen molar-refractivity contribution in [2.45, 2.75) is 32.9 Å². The van der Waals surface area contributed by atoms with Crippen molar-refractivity contribution in [2.24, 2.45) is 0 Å². The normalized spacial score (nSPS) is 12.6. The van der Waals surface area contributed by atoms with Crippen LogP contribution in [0.15, 0.2) is 24.5 Å². The standard InChI is InChI=1S/C14H19FN4/c1-4-10-8-13(19(5-2)18-10)14(16-3)11-6-7-17-9-12(11)15/h6-9,14,16H,4-5H2,1-3H3. The third kappa shape index (κ3) is 2.66. The van der Waals surface area contributed by atoms with E-state index in [0.717, 1.165) is 24.4 Å². The van der Waals surface area contributed by atoms with E-state index in [1.807, 2.05) is 24.7 Å². The van der Waals surface area contributed by atoms with Gasteiger partial charge in [-0.1, -0.05) is 6.92 Å². The molecule has 1 atom stereocenters. The summed E-state index contributed by atoms with van der Waals surface area (Å²) in [5.74, 6) is -0.302. The zero-order chi connectivity index (χ0) is 13.8. The predicted octanol–water partition coefficient (Wildman–Crippen LogP) is 2.31. The third-order valence-corrected chi connectivity index (χ3v) is 3.22. The molecule has 1 N–H and O–H groups in total. The molecule has 5 heteroatoms. The Labute approximate surface area is 112 Å². The number of aromatic nitrogens is 3. The second-order valence-electron chi connectivity index (χ2n) is 4.35. The fourth-order valence-corrected chi connectivity index (χ4v) is 2.23. The summed E-state index contributed by atoms with van der Waals surface area (Å²) < 4.78 is 15.8. The summed E-state index contributed by atoms with van der Waals surface area (Å²) in [6.45, 7) is 4.86. The first-order chi connectivity index (χ1) is 9.21. The summed E-state index contributed by atoms with van der Waals surface area (Å²) in [6, 6.07) is 3.52. The summed E-state index contributed by atoms with van der Waals surface area (Å²) in [5.41, 5.74) is 2.59. The Balaban J connectivity index is 2.47. The van der Waals surface area contributed by atoms with Gasteiger partial charge >= 0.3 is 0 Å². The van der Waals surface area contributed by atoms with E-state index in [0.29, 0.717) is 5.56 Å². The van der Waals surface area contributed by atoms with Crippen molar-refractivity contribution in [1.82, 2.24) is 20.1 Å². The van der Waals surface area contributed by atoms with Crippen molar-refractivity contribution in [3.8, 4) is 0 Å². The summed E-state index contributed by atoms with van der Waals surface area (Å²) in [6.07, 6.45) is 3.72. The summed E-state index contributed by atoms with van der Waals surface area (Å²) in [4.78, 5) is 3.79. The molecule has 0 aliphatic heterocycles. The van der Waals surface area contributed by atoms with Crippen molar-refractivity contribution < 1.29 is 4.39 Å². The number of pyridine rings is 1. The molecule has 0 bridgehead atoms. The van der Waals surface area contributed by atoms with E-state index in [4.69, 9.17) is 0 Å². The summed E-state index contributed by atoms with van der Waals surface area (Å²) in [5, 5.41) is 7.67. The molecule has 2 heterocycles. The number of halogens is 1. The van der Waals surface area contributed by atoms with E-state index >= 15 is 0 Å². The molecule has 2 aromatic heterocycles. The van der Waals surface area contributed by atoms with Crippen LogP contribution >= 0.6 is 0 Å². The van der Waals surface area contributed by atoms with E-state index in [2.05, 4.69) is 22.3 Å². The van der Waals surface area contributed by atoms with Gasteiger partial charge in [0.25, 0.3) is 0 Å². The van der Waals surface area contributed by atoms with Crippen LogP contribution in [0.2, 0.25) is 0 Å². The van der Waals surface area contributed by atoms with E-state index < -0.39 is 0 Å². The molecule has 0 aromatic carbocycles. The van der Waals surface area contributed by atoms with Gasteiger partial charge in [0.15, 0.2) is 0 Å². The van der Waals surface area contributed by atoms with Crippen LogP contribution in [-0.2, 0) is 13.0 Å². The minimum atomic E-state index is -0.302. The molecule has 0 aliphatic carbocycles. The number of rotatable bonds is 5. The molecule has 2 rings (SSSR count). The Morgan fingerprint density at radius 1 is 1.42 bits per heavy atom. The van der Waals surface area contributed by atoms with Crippen molar-refractivity contribution in [3.05, 3.63) is 47.3 Å². The van der Waals surface area contributed by atoms with Gasteiger partial charge in [-0.05, 0) is 32.5 Å². The lowest BCUT2D eigenvalue weighted by Crippen LogP contribution is -2.22. The molecule has 102 valence electrons. The van der Waals surface area contributed by atoms with Crippen LogP contribution in [0.5, 0.6) is 0 Å². The lowest BCUT2D eigenvalue weighted by molar-refractivity contribution is 0.529. The molecule has 19 heavy (non-hydrogen) atoms. The maximum Gasteiger partial charge on any atom is 0.146 e. The van der Waals surface area contributed by atoms with Crippen LogP contribution in [-0.4, -0.2) is 21.8 Å². The molecule has 0 saturated heterocycles. The van der Waals surface area contributed by atoms with Crippen LogP contribution in [0.25, 0.3) is 0 Å². The quantitative estimate of drug-likeness (QED) is 0.899. The number of hydrogen-bond donors (Lipinski definition) is 1. The highest BCUT2D eigenvalue weighted by atomic mass is 19.1. The fourth-order valence-electron chi connectivity index (χ4n) is 2.23. The van der Waals surface area contributed by atoms with Gasteiger partial charge in [-0.2, -0.15) is 5.10 Å². The average molecular weight is 262 g/mol. The maximum atomic E-state index is 13.9. The topological polar surface area (TPSA) is 42.7 Å². The average Bonchev–Trinajstić information content (AvgIpc) is 2.85. The second kappa shape index (κ2) is 5.93. The van der Waals surface area contributed by atoms with Crippen LogP contribution in [0, 0.1) is 5.82 Å². The van der Waals surface area contributed by atoms with Crippen molar-refractivity contribution in [1.29, 1.82) is 0 Å². The predicted molar refractivity (Wildman–Crippen MR) is 72.4 cm³/mol. The molecule has 4 nitrogen and oxygen atoms in total. The Morgan fingerprint density at radius 2 is 2.21 bits per heavy atom. The minimum absolute atomic E-state index is 0.212. The highest BCUT2D eigenvalue weighted by molar-refractivity contribution is 5.28. The monoisotopic (exact) mass is 262 g/mol. The highest BCUT2D eigenvalue weighted by Crippen LogP contribution is 2.24. The smallest absolute Gasteiger partial charge is 0.146 e. The van der Waals surface area contributed by atoms with E-state index in [1.54, 1.807) is 12.3 Å². The first-order valence-electron chi connectivity index (χ1n) is 6.54. The Bertz CT molecular complexity index is 550. The number of nitrogens with zero attached hydrogens (tertiary/aromatic N) is 3. The molecule has 0 amide bonds. The van der Waals surface area contributed by atoms with Crippen LogP contribution in [0.3, 0.4) is 0 Å². The van der Waals surface area contributed by atoms with Gasteiger partial charge in [-0.25, -0.2) is 4.39 Å². The van der Waals surface area contributed by atoms with Crippen LogP contribution in [0.4, 0.5) is 4.39 Å². The largest absolute Gasteiger partial charge is 0.308 e. The molecule has 0 fully saturated rings. The first-order valence-corrected chi connectivity index (χ1v) is 6.54. The molecule has 0 aliphatic rings. The third-order valence-electron chi connectivity index (χ3n) is 3.22. The van der Waals surface area contributed by atoms with E-state index in [9.17, 15) is 4.39 Å². The SMILES string of the molecule is CCc1cc(C(NC)c2ccncc2F)n(CC)n1. The van der Waals surface area contributed by atoms with E-state index in [-0.39, 0.29) is 11.9 Å². The van der Waals surface area contributed by atoms with Crippen LogP contribution < -0.4 is 5.32 Å². The molecule has 0 spiro atoms. The van der Waals surface area contributed by atoms with Gasteiger partial charge in [0, 0.05) is 18.3 Å². The minimum Gasteiger partial charge on any atom is -0.308 e. The van der Waals surface area contributed by atoms with Gasteiger partial charge in [0.05, 0.1) is 23.6 Å². The second-order valence-corrected chi connectivity index (χ2v) is 4.35. The molecule has 2 aromatic rings. The van der Waals surface area contributed by atoms with Gasteiger partial charge in [-0.3, -0.25) is 9.67 Å².